The summed E-state index contributed by atoms with van der Waals surface area (Å²) in [7, 11) is 0. The molecular weight excluding hydrogens is 280 g/mol. The highest BCUT2D eigenvalue weighted by molar-refractivity contribution is 5.96. The van der Waals surface area contributed by atoms with Gasteiger partial charge in [-0.3, -0.25) is 9.59 Å². The fourth-order valence-corrected chi connectivity index (χ4v) is 2.84. The number of hydrogen-bond donors (Lipinski definition) is 1. The highest BCUT2D eigenvalue weighted by Gasteiger charge is 2.30. The lowest BCUT2D eigenvalue weighted by atomic mass is 9.91. The number of anilines is 1. The minimum Gasteiger partial charge on any atom is -0.469 e. The van der Waals surface area contributed by atoms with Crippen molar-refractivity contribution in [2.75, 3.05) is 11.4 Å². The van der Waals surface area contributed by atoms with Crippen LogP contribution in [0.5, 0.6) is 0 Å². The monoisotopic (exact) mass is 298 g/mol. The topological polar surface area (TPSA) is 76.5 Å². The van der Waals surface area contributed by atoms with Crippen molar-refractivity contribution in [1.82, 2.24) is 0 Å². The molecule has 0 bridgehead atoms. The van der Waals surface area contributed by atoms with Crippen molar-refractivity contribution < 1.29 is 14.0 Å². The quantitative estimate of drug-likeness (QED) is 0.936. The summed E-state index contributed by atoms with van der Waals surface area (Å²) in [6, 6.07) is 11.3. The summed E-state index contributed by atoms with van der Waals surface area (Å²) in [5.41, 5.74) is 7.31. The second kappa shape index (κ2) is 6.05. The van der Waals surface area contributed by atoms with Crippen molar-refractivity contribution in [3.05, 3.63) is 54.0 Å². The van der Waals surface area contributed by atoms with Gasteiger partial charge in [0.15, 0.2) is 0 Å². The molecule has 0 saturated carbocycles. The molecule has 0 spiro atoms. The molecule has 2 amide bonds. The minimum atomic E-state index is -0.363. The van der Waals surface area contributed by atoms with E-state index in [1.54, 1.807) is 17.2 Å². The van der Waals surface area contributed by atoms with Crippen molar-refractivity contribution in [3.63, 3.8) is 0 Å². The lowest BCUT2D eigenvalue weighted by molar-refractivity contribution is -0.122. The fourth-order valence-electron chi connectivity index (χ4n) is 2.84. The standard InChI is InChI=1S/C17H18N2O3/c18-17(21)13-10-12-4-1-2-6-15(12)19(11-13)16(20)8-7-14-5-3-9-22-14/h1-6,9,13H,7-8,10-11H2,(H2,18,21). The van der Waals surface area contributed by atoms with E-state index in [2.05, 4.69) is 0 Å². The number of nitrogens with two attached hydrogens (primary N) is 1. The van der Waals surface area contributed by atoms with Crippen LogP contribution in [0.1, 0.15) is 17.7 Å². The van der Waals surface area contributed by atoms with E-state index in [1.165, 1.54) is 0 Å². The Morgan fingerprint density at radius 1 is 1.23 bits per heavy atom. The number of carbonyl (C=O) groups is 2. The number of benzene rings is 1. The Balaban J connectivity index is 1.78. The lowest BCUT2D eigenvalue weighted by Crippen LogP contribution is -2.44. The van der Waals surface area contributed by atoms with Crippen LogP contribution in [0.3, 0.4) is 0 Å². The minimum absolute atomic E-state index is 0.0187. The first-order valence-corrected chi connectivity index (χ1v) is 7.35. The fraction of sp³-hybridized carbons (Fsp3) is 0.294. The number of primary amides is 1. The molecule has 0 aliphatic carbocycles. The van der Waals surface area contributed by atoms with Crippen LogP contribution in [0, 0.1) is 5.92 Å². The van der Waals surface area contributed by atoms with Gasteiger partial charge in [0, 0.05) is 25.1 Å². The van der Waals surface area contributed by atoms with Crippen LogP contribution in [0.2, 0.25) is 0 Å². The summed E-state index contributed by atoms with van der Waals surface area (Å²) in [4.78, 5) is 25.8. The van der Waals surface area contributed by atoms with E-state index in [9.17, 15) is 9.59 Å². The molecule has 1 aromatic carbocycles. The second-order valence-corrected chi connectivity index (χ2v) is 5.52. The number of amides is 2. The third-order valence-electron chi connectivity index (χ3n) is 4.02. The lowest BCUT2D eigenvalue weighted by Gasteiger charge is -2.33. The highest BCUT2D eigenvalue weighted by atomic mass is 16.3. The van der Waals surface area contributed by atoms with E-state index in [1.807, 2.05) is 30.3 Å². The van der Waals surface area contributed by atoms with Crippen LogP contribution in [-0.4, -0.2) is 18.4 Å². The van der Waals surface area contributed by atoms with Crippen molar-refractivity contribution in [1.29, 1.82) is 0 Å². The van der Waals surface area contributed by atoms with E-state index in [0.717, 1.165) is 17.0 Å². The van der Waals surface area contributed by atoms with Gasteiger partial charge in [-0.15, -0.1) is 0 Å². The van der Waals surface area contributed by atoms with Crippen molar-refractivity contribution in [2.45, 2.75) is 19.3 Å². The molecule has 2 N–H and O–H groups in total. The first kappa shape index (κ1) is 14.4. The molecule has 114 valence electrons. The molecule has 2 aromatic rings. The predicted octanol–water partition coefficient (Wildman–Crippen LogP) is 1.90. The summed E-state index contributed by atoms with van der Waals surface area (Å²) in [6.07, 6.45) is 3.08. The van der Waals surface area contributed by atoms with Gasteiger partial charge in [0.2, 0.25) is 11.8 Å². The number of carbonyl (C=O) groups excluding carboxylic acids is 2. The van der Waals surface area contributed by atoms with Gasteiger partial charge in [-0.05, 0) is 30.2 Å². The average molecular weight is 298 g/mol. The maximum atomic E-state index is 12.6. The molecule has 1 aromatic heterocycles. The molecule has 0 fully saturated rings. The highest BCUT2D eigenvalue weighted by Crippen LogP contribution is 2.30. The molecule has 1 aliphatic rings. The zero-order valence-corrected chi connectivity index (χ0v) is 12.2. The zero-order chi connectivity index (χ0) is 15.5. The molecule has 2 heterocycles. The van der Waals surface area contributed by atoms with Crippen LogP contribution in [0.4, 0.5) is 5.69 Å². The third kappa shape index (κ3) is 2.88. The summed E-state index contributed by atoms with van der Waals surface area (Å²) < 4.78 is 5.26. The van der Waals surface area contributed by atoms with Crippen molar-refractivity contribution in [2.24, 2.45) is 11.7 Å². The first-order valence-electron chi connectivity index (χ1n) is 7.35. The van der Waals surface area contributed by atoms with Crippen LogP contribution >= 0.6 is 0 Å². The Morgan fingerprint density at radius 3 is 2.77 bits per heavy atom. The van der Waals surface area contributed by atoms with Gasteiger partial charge in [0.1, 0.15) is 5.76 Å². The second-order valence-electron chi connectivity index (χ2n) is 5.52. The Morgan fingerprint density at radius 2 is 2.05 bits per heavy atom. The summed E-state index contributed by atoms with van der Waals surface area (Å²) in [6.45, 7) is 0.351. The molecule has 0 saturated heterocycles. The Hall–Kier alpha value is -2.56. The van der Waals surface area contributed by atoms with Crippen molar-refractivity contribution >= 4 is 17.5 Å². The van der Waals surface area contributed by atoms with Gasteiger partial charge in [0.25, 0.3) is 0 Å². The summed E-state index contributed by atoms with van der Waals surface area (Å²) in [5, 5.41) is 0. The molecule has 5 nitrogen and oxygen atoms in total. The number of nitrogens with zero attached hydrogens (tertiary/aromatic N) is 1. The van der Waals surface area contributed by atoms with Gasteiger partial charge >= 0.3 is 0 Å². The van der Waals surface area contributed by atoms with Crippen LogP contribution in [0.15, 0.2) is 47.1 Å². The number of aryl methyl sites for hydroxylation is 1. The third-order valence-corrected chi connectivity index (χ3v) is 4.02. The molecule has 0 radical (unpaired) electrons. The van der Waals surface area contributed by atoms with Gasteiger partial charge < -0.3 is 15.1 Å². The molecule has 1 aliphatic heterocycles. The molecular formula is C17H18N2O3. The van der Waals surface area contributed by atoms with Crippen molar-refractivity contribution in [3.8, 4) is 0 Å². The van der Waals surface area contributed by atoms with Crippen LogP contribution < -0.4 is 10.6 Å². The van der Waals surface area contributed by atoms with Crippen LogP contribution in [0.25, 0.3) is 0 Å². The molecule has 1 atom stereocenters. The van der Waals surface area contributed by atoms with E-state index in [-0.39, 0.29) is 17.7 Å². The molecule has 3 rings (SSSR count). The number of fused-ring (bicyclic) bond motifs is 1. The number of rotatable bonds is 4. The molecule has 1 unspecified atom stereocenters. The van der Waals surface area contributed by atoms with Gasteiger partial charge in [0.05, 0.1) is 12.2 Å². The largest absolute Gasteiger partial charge is 0.469 e. The van der Waals surface area contributed by atoms with E-state index < -0.39 is 0 Å². The van der Waals surface area contributed by atoms with Gasteiger partial charge in [-0.1, -0.05) is 18.2 Å². The maximum absolute atomic E-state index is 12.6. The first-order chi connectivity index (χ1) is 10.6. The Labute approximate surface area is 128 Å². The normalized spacial score (nSPS) is 17.1. The predicted molar refractivity (Wildman–Crippen MR) is 82.2 cm³/mol. The summed E-state index contributed by atoms with van der Waals surface area (Å²) >= 11 is 0. The zero-order valence-electron chi connectivity index (χ0n) is 12.2. The van der Waals surface area contributed by atoms with E-state index in [4.69, 9.17) is 10.2 Å². The SMILES string of the molecule is NC(=O)C1Cc2ccccc2N(C(=O)CCc2ccco2)C1. The molecule has 22 heavy (non-hydrogen) atoms. The number of hydrogen-bond acceptors (Lipinski definition) is 3. The maximum Gasteiger partial charge on any atom is 0.227 e. The van der Waals surface area contributed by atoms with Gasteiger partial charge in [-0.25, -0.2) is 0 Å². The number of para-hydroxylation sites is 1. The Kier molecular flexibility index (Phi) is 3.96. The number of furan rings is 1. The smallest absolute Gasteiger partial charge is 0.227 e. The van der Waals surface area contributed by atoms with Crippen LogP contribution in [-0.2, 0) is 22.4 Å². The summed E-state index contributed by atoms with van der Waals surface area (Å²) in [5.74, 6) is 0.0701. The van der Waals surface area contributed by atoms with Gasteiger partial charge in [-0.2, -0.15) is 0 Å². The van der Waals surface area contributed by atoms with E-state index in [0.29, 0.717) is 25.8 Å². The molecule has 5 heteroatoms. The average Bonchev–Trinajstić information content (AvgIpc) is 3.04. The van der Waals surface area contributed by atoms with E-state index >= 15 is 0 Å². The Bertz CT molecular complexity index is 679.